The largest absolute Gasteiger partial charge is 0.481 e. The number of aliphatic carboxylic acids is 1. The number of allylic oxidation sites excluding steroid dienone is 1. The summed E-state index contributed by atoms with van der Waals surface area (Å²) in [5.41, 5.74) is -5.81. The van der Waals surface area contributed by atoms with E-state index in [-0.39, 0.29) is 36.2 Å². The minimum Gasteiger partial charge on any atom is -0.481 e. The lowest BCUT2D eigenvalue weighted by atomic mass is 9.40. The summed E-state index contributed by atoms with van der Waals surface area (Å²) in [6.45, 7) is 12.2. The summed E-state index contributed by atoms with van der Waals surface area (Å²) in [6, 6.07) is 0. The number of carboxylic acids is 1. The maximum atomic E-state index is 14.2. The van der Waals surface area contributed by atoms with Crippen molar-refractivity contribution in [3.8, 4) is 0 Å². The number of fused-ring (bicyclic) bond motifs is 3. The Kier molecular flexibility index (Phi) is 5.94. The molecule has 9 nitrogen and oxygen atoms in total. The molecule has 5 aliphatic rings. The SMILES string of the molecule is CC(CC(=O)C[C@](C)(O)C1=C[C@@H](O)[C@]2(C)[C@]1(C)C(=O)C=C1[C@]23O[C@H]3C[C@H]2C(C)(C)[C@@H](O)[C@H](O)C[C@]12C)C(=O)O. The summed E-state index contributed by atoms with van der Waals surface area (Å²) in [5, 5.41) is 54.2. The molecule has 4 aliphatic carbocycles. The Morgan fingerprint density at radius 3 is 2.36 bits per heavy atom. The monoisotopic (exact) mass is 546 g/mol. The molecule has 216 valence electrons. The number of ether oxygens (including phenoxy) is 1. The average molecular weight is 547 g/mol. The minimum atomic E-state index is -1.81. The van der Waals surface area contributed by atoms with E-state index in [1.807, 2.05) is 20.8 Å². The first-order valence-corrected chi connectivity index (χ1v) is 13.9. The topological polar surface area (TPSA) is 165 Å². The van der Waals surface area contributed by atoms with Gasteiger partial charge in [-0.05, 0) is 60.7 Å². The summed E-state index contributed by atoms with van der Waals surface area (Å²) in [5.74, 6) is -2.88. The van der Waals surface area contributed by atoms with Crippen LogP contribution in [0.3, 0.4) is 0 Å². The molecule has 2 saturated carbocycles. The van der Waals surface area contributed by atoms with Gasteiger partial charge in [0.15, 0.2) is 5.78 Å². The Labute approximate surface area is 228 Å². The molecule has 3 fully saturated rings. The molecule has 1 saturated heterocycles. The van der Waals surface area contributed by atoms with Crippen molar-refractivity contribution in [1.29, 1.82) is 0 Å². The molecule has 11 atom stereocenters. The fourth-order valence-corrected chi connectivity index (χ4v) is 9.38. The lowest BCUT2D eigenvalue weighted by Gasteiger charge is -2.62. The summed E-state index contributed by atoms with van der Waals surface area (Å²) < 4.78 is 6.52. The number of carbonyl (C=O) groups excluding carboxylic acids is 2. The maximum absolute atomic E-state index is 14.2. The van der Waals surface area contributed by atoms with Gasteiger partial charge in [0.1, 0.15) is 11.4 Å². The first kappa shape index (κ1) is 28.6. The number of hydrogen-bond donors (Lipinski definition) is 5. The average Bonchev–Trinajstić information content (AvgIpc) is 3.49. The van der Waals surface area contributed by atoms with E-state index in [1.54, 1.807) is 19.9 Å². The van der Waals surface area contributed by atoms with Crippen molar-refractivity contribution in [1.82, 2.24) is 0 Å². The lowest BCUT2D eigenvalue weighted by Crippen LogP contribution is -2.68. The molecule has 1 spiro atoms. The van der Waals surface area contributed by atoms with Crippen LogP contribution in [0.25, 0.3) is 0 Å². The number of rotatable bonds is 6. The minimum absolute atomic E-state index is 0.0843. The van der Waals surface area contributed by atoms with Gasteiger partial charge in [-0.15, -0.1) is 0 Å². The van der Waals surface area contributed by atoms with Crippen molar-refractivity contribution >= 4 is 17.5 Å². The number of epoxide rings is 1. The van der Waals surface area contributed by atoms with Crippen LogP contribution in [0.4, 0.5) is 0 Å². The van der Waals surface area contributed by atoms with Crippen LogP contribution in [0.2, 0.25) is 0 Å². The van der Waals surface area contributed by atoms with E-state index in [0.717, 1.165) is 5.57 Å². The highest BCUT2D eigenvalue weighted by Gasteiger charge is 2.85. The molecule has 1 aliphatic heterocycles. The van der Waals surface area contributed by atoms with Gasteiger partial charge in [0.25, 0.3) is 0 Å². The summed E-state index contributed by atoms with van der Waals surface area (Å²) in [7, 11) is 0. The van der Waals surface area contributed by atoms with Crippen LogP contribution in [0, 0.1) is 33.5 Å². The van der Waals surface area contributed by atoms with Gasteiger partial charge in [-0.3, -0.25) is 14.4 Å². The number of aliphatic hydroxyl groups is 4. The highest BCUT2D eigenvalue weighted by molar-refractivity contribution is 6.02. The third kappa shape index (κ3) is 3.28. The van der Waals surface area contributed by atoms with Gasteiger partial charge in [-0.2, -0.15) is 0 Å². The van der Waals surface area contributed by atoms with E-state index < -0.39 is 75.3 Å². The van der Waals surface area contributed by atoms with Crippen molar-refractivity contribution < 1.29 is 44.7 Å². The zero-order chi connectivity index (χ0) is 29.3. The second-order valence-corrected chi connectivity index (χ2v) is 14.3. The van der Waals surface area contributed by atoms with E-state index in [9.17, 15) is 39.9 Å². The zero-order valence-electron chi connectivity index (χ0n) is 23.8. The molecule has 1 heterocycles. The van der Waals surface area contributed by atoms with Crippen LogP contribution in [0.15, 0.2) is 23.3 Å². The first-order valence-electron chi connectivity index (χ1n) is 13.9. The molecular formula is C30H42O9. The Hall–Kier alpha value is -1.91. The van der Waals surface area contributed by atoms with Gasteiger partial charge in [0.05, 0.1) is 41.3 Å². The number of hydrogen-bond acceptors (Lipinski definition) is 8. The third-order valence-electron chi connectivity index (χ3n) is 11.7. The quantitative estimate of drug-likeness (QED) is 0.247. The van der Waals surface area contributed by atoms with Crippen molar-refractivity contribution in [3.05, 3.63) is 23.3 Å². The molecule has 0 bridgehead atoms. The molecule has 0 aromatic carbocycles. The lowest BCUT2D eigenvalue weighted by molar-refractivity contribution is -0.167. The van der Waals surface area contributed by atoms with E-state index >= 15 is 0 Å². The predicted molar refractivity (Wildman–Crippen MR) is 139 cm³/mol. The van der Waals surface area contributed by atoms with Crippen molar-refractivity contribution in [2.24, 2.45) is 33.5 Å². The second-order valence-electron chi connectivity index (χ2n) is 14.3. The smallest absolute Gasteiger partial charge is 0.306 e. The molecule has 0 amide bonds. The molecule has 0 aromatic rings. The number of ketones is 2. The van der Waals surface area contributed by atoms with Crippen LogP contribution in [0.1, 0.15) is 74.1 Å². The Balaban J connectivity index is 1.58. The molecule has 9 heteroatoms. The van der Waals surface area contributed by atoms with Gasteiger partial charge in [0.2, 0.25) is 0 Å². The van der Waals surface area contributed by atoms with Crippen molar-refractivity contribution in [3.63, 3.8) is 0 Å². The third-order valence-corrected chi connectivity index (χ3v) is 11.7. The van der Waals surface area contributed by atoms with Crippen molar-refractivity contribution in [2.75, 3.05) is 0 Å². The fourth-order valence-electron chi connectivity index (χ4n) is 9.38. The van der Waals surface area contributed by atoms with Crippen LogP contribution in [-0.4, -0.2) is 78.7 Å². The van der Waals surface area contributed by atoms with Crippen LogP contribution in [0.5, 0.6) is 0 Å². The molecule has 39 heavy (non-hydrogen) atoms. The number of carboxylic acid groups (broad SMARTS) is 1. The number of carbonyl (C=O) groups is 3. The van der Waals surface area contributed by atoms with Crippen LogP contribution >= 0.6 is 0 Å². The summed E-state index contributed by atoms with van der Waals surface area (Å²) >= 11 is 0. The molecule has 5 N–H and O–H groups in total. The maximum Gasteiger partial charge on any atom is 0.306 e. The van der Waals surface area contributed by atoms with Gasteiger partial charge >= 0.3 is 5.97 Å². The Morgan fingerprint density at radius 1 is 1.15 bits per heavy atom. The van der Waals surface area contributed by atoms with Gasteiger partial charge in [0, 0.05) is 18.3 Å². The van der Waals surface area contributed by atoms with Crippen molar-refractivity contribution in [2.45, 2.75) is 110 Å². The number of aliphatic hydroxyl groups excluding tert-OH is 3. The number of Topliss-reactive ketones (excluding diaryl/α,β-unsaturated/α-hetero) is 1. The second kappa shape index (κ2) is 8.10. The Bertz CT molecular complexity index is 1210. The first-order chi connectivity index (χ1) is 17.7. The summed E-state index contributed by atoms with van der Waals surface area (Å²) in [6.07, 6.45) is -0.200. The van der Waals surface area contributed by atoms with Gasteiger partial charge in [-0.25, -0.2) is 0 Å². The highest BCUT2D eigenvalue weighted by atomic mass is 16.6. The van der Waals surface area contributed by atoms with E-state index in [0.29, 0.717) is 6.42 Å². The van der Waals surface area contributed by atoms with Crippen LogP contribution in [-0.2, 0) is 19.1 Å². The van der Waals surface area contributed by atoms with E-state index in [2.05, 4.69) is 0 Å². The van der Waals surface area contributed by atoms with Crippen LogP contribution < -0.4 is 0 Å². The summed E-state index contributed by atoms with van der Waals surface area (Å²) in [4.78, 5) is 38.3. The normalized spacial score (nSPS) is 47.9. The zero-order valence-corrected chi connectivity index (χ0v) is 23.8. The molecule has 1 unspecified atom stereocenters. The molecule has 5 rings (SSSR count). The fraction of sp³-hybridized carbons (Fsp3) is 0.767. The molecular weight excluding hydrogens is 504 g/mol. The van der Waals surface area contributed by atoms with Gasteiger partial charge < -0.3 is 30.3 Å². The Morgan fingerprint density at radius 2 is 1.77 bits per heavy atom. The highest BCUT2D eigenvalue weighted by Crippen LogP contribution is 2.79. The standard InChI is InChI=1S/C30H42O9/c1-14(24(36)37)8-15(31)12-27(5,38)19-10-21(34)29(7)28(19,6)20(33)9-18-26(4)13-16(32)23(35)25(2,3)17(26)11-22-30(18,29)39-22/h9-10,14,16-17,21-23,32,34-35,38H,8,11-13H2,1-7H3,(H,36,37)/t14?,16-,17+,21-,22+,23+,26+,27+,28+,29-,30-/m1/s1. The molecule has 0 radical (unpaired) electrons. The predicted octanol–water partition coefficient (Wildman–Crippen LogP) is 1.95. The van der Waals surface area contributed by atoms with Gasteiger partial charge in [-0.1, -0.05) is 40.7 Å². The molecule has 0 aromatic heterocycles. The van der Waals surface area contributed by atoms with E-state index in [1.165, 1.54) is 19.9 Å². The van der Waals surface area contributed by atoms with E-state index in [4.69, 9.17) is 4.74 Å².